The highest BCUT2D eigenvalue weighted by Gasteiger charge is 2.18. The van der Waals surface area contributed by atoms with Crippen molar-refractivity contribution < 1.29 is 0 Å². The zero-order chi connectivity index (χ0) is 18.3. The van der Waals surface area contributed by atoms with Crippen LogP contribution in [0.15, 0.2) is 30.3 Å². The molecule has 27 heavy (non-hydrogen) atoms. The molecule has 0 radical (unpaired) electrons. The van der Waals surface area contributed by atoms with Crippen molar-refractivity contribution in [3.05, 3.63) is 30.3 Å². The third-order valence-corrected chi connectivity index (χ3v) is 5.54. The van der Waals surface area contributed by atoms with Crippen LogP contribution >= 0.6 is 0 Å². The first-order valence-electron chi connectivity index (χ1n) is 10.5. The van der Waals surface area contributed by atoms with Gasteiger partial charge in [0.25, 0.3) is 0 Å². The number of benzene rings is 1. The van der Waals surface area contributed by atoms with E-state index in [4.69, 9.17) is 0 Å². The van der Waals surface area contributed by atoms with Gasteiger partial charge in [0.1, 0.15) is 0 Å². The molecular weight excluding hydrogens is 336 g/mol. The van der Waals surface area contributed by atoms with Crippen LogP contribution < -0.4 is 16.0 Å². The van der Waals surface area contributed by atoms with Crippen LogP contribution in [0, 0.1) is 0 Å². The van der Waals surface area contributed by atoms with Crippen LogP contribution in [0.1, 0.15) is 64.2 Å². The van der Waals surface area contributed by atoms with Gasteiger partial charge in [-0.3, -0.25) is 0 Å². The van der Waals surface area contributed by atoms with Gasteiger partial charge in [-0.2, -0.15) is 15.0 Å². The van der Waals surface area contributed by atoms with Crippen LogP contribution in [0.5, 0.6) is 0 Å². The van der Waals surface area contributed by atoms with Gasteiger partial charge < -0.3 is 16.0 Å². The zero-order valence-corrected chi connectivity index (χ0v) is 16.0. The highest BCUT2D eigenvalue weighted by molar-refractivity contribution is 5.55. The number of nitrogens with zero attached hydrogens (tertiary/aromatic N) is 3. The van der Waals surface area contributed by atoms with Crippen molar-refractivity contribution in [3.8, 4) is 0 Å². The van der Waals surface area contributed by atoms with E-state index in [9.17, 15) is 0 Å². The van der Waals surface area contributed by atoms with E-state index in [2.05, 4.69) is 30.9 Å². The maximum Gasteiger partial charge on any atom is 0.233 e. The lowest BCUT2D eigenvalue weighted by atomic mass is 9.96. The van der Waals surface area contributed by atoms with Crippen LogP contribution in [0.3, 0.4) is 0 Å². The summed E-state index contributed by atoms with van der Waals surface area (Å²) in [6.07, 6.45) is 12.6. The monoisotopic (exact) mass is 366 g/mol. The summed E-state index contributed by atoms with van der Waals surface area (Å²) in [6, 6.07) is 11.0. The summed E-state index contributed by atoms with van der Waals surface area (Å²) in [4.78, 5) is 13.9. The van der Waals surface area contributed by atoms with Crippen molar-refractivity contribution in [1.29, 1.82) is 0 Å². The van der Waals surface area contributed by atoms with Crippen LogP contribution in [-0.4, -0.2) is 27.0 Å². The van der Waals surface area contributed by atoms with Crippen LogP contribution in [-0.2, 0) is 0 Å². The number of rotatable bonds is 6. The molecule has 0 atom stereocenters. The number of hydrogen-bond acceptors (Lipinski definition) is 6. The Kier molecular flexibility index (Phi) is 6.02. The lowest BCUT2D eigenvalue weighted by molar-refractivity contribution is 0.458. The van der Waals surface area contributed by atoms with Gasteiger partial charge in [-0.1, -0.05) is 56.7 Å². The fraction of sp³-hybridized carbons (Fsp3) is 0.571. The van der Waals surface area contributed by atoms with Crippen molar-refractivity contribution in [2.45, 2.75) is 76.3 Å². The van der Waals surface area contributed by atoms with E-state index in [1.54, 1.807) is 0 Å². The Bertz CT molecular complexity index is 670. The number of nitrogens with one attached hydrogen (secondary N) is 3. The first kappa shape index (κ1) is 18.0. The minimum Gasteiger partial charge on any atom is -0.351 e. The third kappa shape index (κ3) is 5.31. The van der Waals surface area contributed by atoms with Crippen LogP contribution in [0.2, 0.25) is 0 Å². The van der Waals surface area contributed by atoms with Gasteiger partial charge >= 0.3 is 0 Å². The molecule has 0 spiro atoms. The van der Waals surface area contributed by atoms with Gasteiger partial charge in [0.15, 0.2) is 0 Å². The van der Waals surface area contributed by atoms with E-state index in [0.717, 1.165) is 5.69 Å². The van der Waals surface area contributed by atoms with Crippen molar-refractivity contribution in [3.63, 3.8) is 0 Å². The molecule has 6 heteroatoms. The lowest BCUT2D eigenvalue weighted by Crippen LogP contribution is -2.26. The van der Waals surface area contributed by atoms with Crippen LogP contribution in [0.25, 0.3) is 0 Å². The van der Waals surface area contributed by atoms with E-state index in [0.29, 0.717) is 29.9 Å². The van der Waals surface area contributed by atoms with Crippen molar-refractivity contribution >= 4 is 23.5 Å². The molecule has 1 aromatic heterocycles. The predicted octanol–water partition coefficient (Wildman–Crippen LogP) is 5.10. The van der Waals surface area contributed by atoms with E-state index < -0.39 is 0 Å². The Balaban J connectivity index is 1.52. The predicted molar refractivity (Wildman–Crippen MR) is 111 cm³/mol. The highest BCUT2D eigenvalue weighted by Crippen LogP contribution is 2.24. The maximum absolute atomic E-state index is 4.68. The minimum absolute atomic E-state index is 0.466. The maximum atomic E-state index is 4.68. The molecular formula is C21H30N6. The number of para-hydroxylation sites is 1. The van der Waals surface area contributed by atoms with Gasteiger partial charge in [-0.05, 0) is 37.8 Å². The Morgan fingerprint density at radius 3 is 1.59 bits per heavy atom. The highest BCUT2D eigenvalue weighted by atomic mass is 15.3. The summed E-state index contributed by atoms with van der Waals surface area (Å²) in [7, 11) is 0. The summed E-state index contributed by atoms with van der Waals surface area (Å²) in [5.41, 5.74) is 0.982. The molecule has 2 aliphatic carbocycles. The summed E-state index contributed by atoms with van der Waals surface area (Å²) in [5.74, 6) is 1.94. The molecule has 2 aromatic rings. The molecule has 6 nitrogen and oxygen atoms in total. The SMILES string of the molecule is c1ccc(Nc2nc(NC3CCCCC3)nc(NC3CCCCC3)n2)cc1. The fourth-order valence-electron chi connectivity index (χ4n) is 4.07. The van der Waals surface area contributed by atoms with Crippen molar-refractivity contribution in [2.75, 3.05) is 16.0 Å². The molecule has 0 amide bonds. The molecule has 4 rings (SSSR count). The molecule has 0 aliphatic heterocycles. The largest absolute Gasteiger partial charge is 0.351 e. The molecule has 1 aromatic carbocycles. The minimum atomic E-state index is 0.466. The van der Waals surface area contributed by atoms with E-state index in [1.807, 2.05) is 30.3 Å². The molecule has 0 saturated heterocycles. The molecule has 1 heterocycles. The Morgan fingerprint density at radius 1 is 0.593 bits per heavy atom. The number of hydrogen-bond donors (Lipinski definition) is 3. The van der Waals surface area contributed by atoms with Gasteiger partial charge in [-0.15, -0.1) is 0 Å². The summed E-state index contributed by atoms with van der Waals surface area (Å²) < 4.78 is 0. The summed E-state index contributed by atoms with van der Waals surface area (Å²) in [6.45, 7) is 0. The second kappa shape index (κ2) is 9.02. The molecule has 0 unspecified atom stereocenters. The Labute approximate surface area is 161 Å². The third-order valence-electron chi connectivity index (χ3n) is 5.54. The first-order valence-corrected chi connectivity index (χ1v) is 10.5. The van der Waals surface area contributed by atoms with E-state index in [1.165, 1.54) is 64.2 Å². The van der Waals surface area contributed by atoms with E-state index >= 15 is 0 Å². The van der Waals surface area contributed by atoms with Crippen LogP contribution in [0.4, 0.5) is 23.5 Å². The molecule has 3 N–H and O–H groups in total. The smallest absolute Gasteiger partial charge is 0.233 e. The fourth-order valence-corrected chi connectivity index (χ4v) is 4.07. The second-order valence-electron chi connectivity index (χ2n) is 7.76. The Hall–Kier alpha value is -2.37. The number of anilines is 4. The van der Waals surface area contributed by atoms with Crippen molar-refractivity contribution in [2.24, 2.45) is 0 Å². The molecule has 2 fully saturated rings. The molecule has 144 valence electrons. The summed E-state index contributed by atoms with van der Waals surface area (Å²) >= 11 is 0. The second-order valence-corrected chi connectivity index (χ2v) is 7.76. The average Bonchev–Trinajstić information content (AvgIpc) is 2.70. The van der Waals surface area contributed by atoms with Crippen molar-refractivity contribution in [1.82, 2.24) is 15.0 Å². The van der Waals surface area contributed by atoms with Gasteiger partial charge in [0.05, 0.1) is 0 Å². The Morgan fingerprint density at radius 2 is 1.07 bits per heavy atom. The van der Waals surface area contributed by atoms with Gasteiger partial charge in [-0.25, -0.2) is 0 Å². The van der Waals surface area contributed by atoms with Gasteiger partial charge in [0.2, 0.25) is 17.8 Å². The summed E-state index contributed by atoms with van der Waals surface area (Å²) in [5, 5.41) is 10.4. The zero-order valence-electron chi connectivity index (χ0n) is 16.0. The average molecular weight is 367 g/mol. The molecule has 0 bridgehead atoms. The molecule has 2 saturated carbocycles. The number of aromatic nitrogens is 3. The van der Waals surface area contributed by atoms with E-state index in [-0.39, 0.29) is 0 Å². The van der Waals surface area contributed by atoms with Gasteiger partial charge in [0, 0.05) is 17.8 Å². The normalized spacial score (nSPS) is 18.8. The molecule has 2 aliphatic rings. The standard InChI is InChI=1S/C21H30N6/c1-4-10-16(11-5-1)22-19-25-20(23-17-12-6-2-7-13-17)27-21(26-19)24-18-14-8-3-9-15-18/h1,4-5,10-11,17-18H,2-3,6-9,12-15H2,(H3,22,23,24,25,26,27). The topological polar surface area (TPSA) is 74.8 Å². The quantitative estimate of drug-likeness (QED) is 0.660. The lowest BCUT2D eigenvalue weighted by Gasteiger charge is -2.25. The first-order chi connectivity index (χ1) is 13.3.